The fourth-order valence-corrected chi connectivity index (χ4v) is 2.70. The molecule has 0 aliphatic heterocycles. The van der Waals surface area contributed by atoms with Crippen molar-refractivity contribution in [3.05, 3.63) is 58.3 Å². The van der Waals surface area contributed by atoms with E-state index >= 15 is 0 Å². The first-order valence-electron chi connectivity index (χ1n) is 5.69. The van der Waals surface area contributed by atoms with Crippen molar-refractivity contribution in [3.8, 4) is 11.5 Å². The van der Waals surface area contributed by atoms with Gasteiger partial charge in [0.15, 0.2) is 5.78 Å². The maximum atomic E-state index is 12.3. The molecule has 0 atom stereocenters. The standard InChI is InChI=1S/C15H10O3S/c16-13-7-12(14(17)9-5-6-19-8-9)15(18)11-4-2-1-3-10(11)13/h1-8,16,18H. The Kier molecular flexibility index (Phi) is 2.72. The molecule has 0 saturated heterocycles. The van der Waals surface area contributed by atoms with Gasteiger partial charge in [0.2, 0.25) is 0 Å². The topological polar surface area (TPSA) is 57.5 Å². The van der Waals surface area contributed by atoms with Crippen LogP contribution in [0.25, 0.3) is 10.8 Å². The van der Waals surface area contributed by atoms with Crippen LogP contribution in [0.2, 0.25) is 0 Å². The molecule has 94 valence electrons. The molecule has 1 aromatic heterocycles. The number of carbonyl (C=O) groups excluding carboxylic acids is 1. The van der Waals surface area contributed by atoms with E-state index in [1.54, 1.807) is 41.1 Å². The summed E-state index contributed by atoms with van der Waals surface area (Å²) < 4.78 is 0. The van der Waals surface area contributed by atoms with E-state index in [1.807, 2.05) is 0 Å². The quantitative estimate of drug-likeness (QED) is 0.553. The number of aromatic hydroxyl groups is 2. The Bertz CT molecular complexity index is 760. The van der Waals surface area contributed by atoms with Gasteiger partial charge >= 0.3 is 0 Å². The summed E-state index contributed by atoms with van der Waals surface area (Å²) in [4.78, 5) is 12.3. The molecule has 0 fully saturated rings. The van der Waals surface area contributed by atoms with Crippen LogP contribution >= 0.6 is 11.3 Å². The lowest BCUT2D eigenvalue weighted by atomic mass is 9.99. The van der Waals surface area contributed by atoms with Gasteiger partial charge in [0.05, 0.1) is 5.56 Å². The summed E-state index contributed by atoms with van der Waals surface area (Å²) >= 11 is 1.41. The lowest BCUT2D eigenvalue weighted by Gasteiger charge is -2.08. The van der Waals surface area contributed by atoms with E-state index in [-0.39, 0.29) is 22.8 Å². The number of phenolic OH excluding ortho intramolecular Hbond substituents is 2. The molecule has 3 rings (SSSR count). The van der Waals surface area contributed by atoms with Gasteiger partial charge in [-0.2, -0.15) is 11.3 Å². The summed E-state index contributed by atoms with van der Waals surface area (Å²) in [6.45, 7) is 0. The number of carbonyl (C=O) groups is 1. The molecule has 3 aromatic rings. The first-order valence-corrected chi connectivity index (χ1v) is 6.63. The van der Waals surface area contributed by atoms with Gasteiger partial charge < -0.3 is 10.2 Å². The van der Waals surface area contributed by atoms with Crippen molar-refractivity contribution in [2.45, 2.75) is 0 Å². The molecule has 0 unspecified atom stereocenters. The summed E-state index contributed by atoms with van der Waals surface area (Å²) in [5.41, 5.74) is 0.629. The van der Waals surface area contributed by atoms with E-state index in [0.29, 0.717) is 16.3 Å². The number of benzene rings is 2. The summed E-state index contributed by atoms with van der Waals surface area (Å²) in [5, 5.41) is 24.7. The number of rotatable bonds is 2. The Hall–Kier alpha value is -2.33. The van der Waals surface area contributed by atoms with Gasteiger partial charge in [-0.25, -0.2) is 0 Å². The molecule has 0 amide bonds. The highest BCUT2D eigenvalue weighted by Crippen LogP contribution is 2.36. The third kappa shape index (κ3) is 1.86. The second kappa shape index (κ2) is 4.40. The van der Waals surface area contributed by atoms with E-state index in [1.165, 1.54) is 17.4 Å². The highest BCUT2D eigenvalue weighted by Gasteiger charge is 2.18. The molecule has 2 aromatic carbocycles. The summed E-state index contributed by atoms with van der Waals surface area (Å²) in [5.74, 6) is -0.392. The number of fused-ring (bicyclic) bond motifs is 1. The zero-order valence-corrected chi connectivity index (χ0v) is 10.6. The van der Waals surface area contributed by atoms with Gasteiger partial charge in [0, 0.05) is 21.7 Å². The first kappa shape index (κ1) is 11.7. The molecule has 19 heavy (non-hydrogen) atoms. The van der Waals surface area contributed by atoms with Gasteiger partial charge in [-0.1, -0.05) is 24.3 Å². The lowest BCUT2D eigenvalue weighted by molar-refractivity contribution is 0.103. The Labute approximate surface area is 113 Å². The third-order valence-corrected chi connectivity index (χ3v) is 3.71. The predicted molar refractivity (Wildman–Crippen MR) is 75.0 cm³/mol. The van der Waals surface area contributed by atoms with Crippen LogP contribution in [0.5, 0.6) is 11.5 Å². The van der Waals surface area contributed by atoms with E-state index in [0.717, 1.165) is 0 Å². The van der Waals surface area contributed by atoms with Crippen LogP contribution in [-0.4, -0.2) is 16.0 Å². The minimum absolute atomic E-state index is 0.00743. The molecule has 0 bridgehead atoms. The van der Waals surface area contributed by atoms with Crippen molar-refractivity contribution in [2.24, 2.45) is 0 Å². The molecule has 0 saturated carbocycles. The second-order valence-corrected chi connectivity index (χ2v) is 4.96. The van der Waals surface area contributed by atoms with Gasteiger partial charge in [-0.15, -0.1) is 0 Å². The Morgan fingerprint density at radius 1 is 1.05 bits per heavy atom. The fourth-order valence-electron chi connectivity index (χ4n) is 2.06. The normalized spacial score (nSPS) is 10.7. The monoisotopic (exact) mass is 270 g/mol. The van der Waals surface area contributed by atoms with Gasteiger partial charge in [-0.05, 0) is 17.5 Å². The highest BCUT2D eigenvalue weighted by molar-refractivity contribution is 7.08. The fraction of sp³-hybridized carbons (Fsp3) is 0. The summed E-state index contributed by atoms with van der Waals surface area (Å²) in [6.07, 6.45) is 0. The zero-order chi connectivity index (χ0) is 13.4. The van der Waals surface area contributed by atoms with E-state index in [9.17, 15) is 15.0 Å². The molecular formula is C15H10O3S. The number of thiophene rings is 1. The molecule has 0 spiro atoms. The maximum Gasteiger partial charge on any atom is 0.197 e. The van der Waals surface area contributed by atoms with E-state index in [2.05, 4.69) is 0 Å². The van der Waals surface area contributed by atoms with Gasteiger partial charge in [0.25, 0.3) is 0 Å². The molecule has 2 N–H and O–H groups in total. The first-order chi connectivity index (χ1) is 9.18. The lowest BCUT2D eigenvalue weighted by Crippen LogP contribution is -2.00. The van der Waals surface area contributed by atoms with E-state index < -0.39 is 0 Å². The second-order valence-electron chi connectivity index (χ2n) is 4.18. The average molecular weight is 270 g/mol. The smallest absolute Gasteiger partial charge is 0.197 e. The minimum Gasteiger partial charge on any atom is -0.507 e. The van der Waals surface area contributed by atoms with Crippen LogP contribution in [0.1, 0.15) is 15.9 Å². The Balaban J connectivity index is 2.25. The number of hydrogen-bond donors (Lipinski definition) is 2. The number of phenols is 2. The van der Waals surface area contributed by atoms with Crippen molar-refractivity contribution in [1.29, 1.82) is 0 Å². The van der Waals surface area contributed by atoms with E-state index in [4.69, 9.17) is 0 Å². The summed E-state index contributed by atoms with van der Waals surface area (Å²) in [7, 11) is 0. The van der Waals surface area contributed by atoms with Crippen LogP contribution < -0.4 is 0 Å². The van der Waals surface area contributed by atoms with Crippen LogP contribution in [0.4, 0.5) is 0 Å². The van der Waals surface area contributed by atoms with Crippen molar-refractivity contribution >= 4 is 27.9 Å². The Morgan fingerprint density at radius 3 is 2.47 bits per heavy atom. The molecule has 1 heterocycles. The van der Waals surface area contributed by atoms with Crippen LogP contribution in [-0.2, 0) is 0 Å². The number of ketones is 1. The minimum atomic E-state index is -0.292. The van der Waals surface area contributed by atoms with Crippen LogP contribution in [0.3, 0.4) is 0 Å². The largest absolute Gasteiger partial charge is 0.507 e. The third-order valence-electron chi connectivity index (χ3n) is 3.02. The van der Waals surface area contributed by atoms with Crippen LogP contribution in [0, 0.1) is 0 Å². The molecule has 0 aliphatic rings. The molecule has 0 aliphatic carbocycles. The summed E-state index contributed by atoms with van der Waals surface area (Å²) in [6, 6.07) is 9.90. The average Bonchev–Trinajstić information content (AvgIpc) is 2.96. The van der Waals surface area contributed by atoms with Crippen molar-refractivity contribution in [2.75, 3.05) is 0 Å². The van der Waals surface area contributed by atoms with Crippen LogP contribution in [0.15, 0.2) is 47.2 Å². The van der Waals surface area contributed by atoms with Crippen molar-refractivity contribution < 1.29 is 15.0 Å². The zero-order valence-electron chi connectivity index (χ0n) is 9.83. The number of hydrogen-bond acceptors (Lipinski definition) is 4. The van der Waals surface area contributed by atoms with Crippen molar-refractivity contribution in [3.63, 3.8) is 0 Å². The van der Waals surface area contributed by atoms with Crippen molar-refractivity contribution in [1.82, 2.24) is 0 Å². The van der Waals surface area contributed by atoms with Gasteiger partial charge in [0.1, 0.15) is 11.5 Å². The highest BCUT2D eigenvalue weighted by atomic mass is 32.1. The Morgan fingerprint density at radius 2 is 1.79 bits per heavy atom. The molecule has 4 heteroatoms. The molecule has 3 nitrogen and oxygen atoms in total. The molecular weight excluding hydrogens is 260 g/mol. The predicted octanol–water partition coefficient (Wildman–Crippen LogP) is 3.54. The van der Waals surface area contributed by atoms with Gasteiger partial charge in [-0.3, -0.25) is 4.79 Å². The maximum absolute atomic E-state index is 12.3. The molecule has 0 radical (unpaired) electrons. The SMILES string of the molecule is O=C(c1ccsc1)c1cc(O)c2ccccc2c1O.